The van der Waals surface area contributed by atoms with E-state index in [1.165, 1.54) is 31.8 Å². The van der Waals surface area contributed by atoms with Crippen molar-refractivity contribution in [2.75, 3.05) is 20.1 Å². The molecule has 1 saturated heterocycles. The van der Waals surface area contributed by atoms with Gasteiger partial charge in [0.1, 0.15) is 5.82 Å². The van der Waals surface area contributed by atoms with Crippen LogP contribution in [-0.4, -0.2) is 34.6 Å². The summed E-state index contributed by atoms with van der Waals surface area (Å²) in [5.41, 5.74) is 0. The van der Waals surface area contributed by atoms with Crippen molar-refractivity contribution in [1.29, 1.82) is 0 Å². The van der Waals surface area contributed by atoms with E-state index in [1.807, 2.05) is 12.4 Å². The van der Waals surface area contributed by atoms with Gasteiger partial charge in [0.05, 0.1) is 0 Å². The number of aromatic nitrogens is 2. The smallest absolute Gasteiger partial charge is 0.111 e. The molecular weight excluding hydrogens is 162 g/mol. The minimum absolute atomic E-state index is 0.677. The van der Waals surface area contributed by atoms with E-state index >= 15 is 0 Å². The molecule has 0 atom stereocenters. The van der Waals surface area contributed by atoms with Gasteiger partial charge < -0.3 is 9.47 Å². The van der Waals surface area contributed by atoms with E-state index in [1.54, 1.807) is 0 Å². The second kappa shape index (κ2) is 3.50. The number of aryl methyl sites for hydroxylation is 1. The van der Waals surface area contributed by atoms with E-state index < -0.39 is 0 Å². The van der Waals surface area contributed by atoms with Crippen LogP contribution in [0, 0.1) is 0 Å². The first-order valence-corrected chi connectivity index (χ1v) is 4.93. The van der Waals surface area contributed by atoms with Gasteiger partial charge in [-0.25, -0.2) is 4.98 Å². The molecule has 1 aliphatic rings. The molecule has 2 rings (SSSR count). The van der Waals surface area contributed by atoms with Gasteiger partial charge >= 0.3 is 0 Å². The first kappa shape index (κ1) is 8.75. The lowest BCUT2D eigenvalue weighted by atomic mass is 9.96. The highest BCUT2D eigenvalue weighted by atomic mass is 15.1. The monoisotopic (exact) mass is 179 g/mol. The van der Waals surface area contributed by atoms with E-state index in [4.69, 9.17) is 0 Å². The van der Waals surface area contributed by atoms with Crippen LogP contribution in [0.5, 0.6) is 0 Å². The molecule has 0 amide bonds. The lowest BCUT2D eigenvalue weighted by Gasteiger charge is -2.28. The summed E-state index contributed by atoms with van der Waals surface area (Å²) in [4.78, 5) is 6.80. The Labute approximate surface area is 79.4 Å². The Kier molecular flexibility index (Phi) is 2.36. The van der Waals surface area contributed by atoms with Gasteiger partial charge in [0, 0.05) is 25.4 Å². The highest BCUT2D eigenvalue weighted by molar-refractivity contribution is 5.01. The molecular formula is C10H17N3. The average molecular weight is 179 g/mol. The largest absolute Gasteiger partial charge is 0.338 e. The molecule has 0 radical (unpaired) electrons. The summed E-state index contributed by atoms with van der Waals surface area (Å²) in [6, 6.07) is 0. The Morgan fingerprint density at radius 3 is 2.54 bits per heavy atom. The summed E-state index contributed by atoms with van der Waals surface area (Å²) in [5.74, 6) is 1.93. The fraction of sp³-hybridized carbons (Fsp3) is 0.700. The normalized spacial score (nSPS) is 20.8. The minimum Gasteiger partial charge on any atom is -0.338 e. The number of nitrogens with zero attached hydrogens (tertiary/aromatic N) is 3. The summed E-state index contributed by atoms with van der Waals surface area (Å²) in [5, 5.41) is 0. The highest BCUT2D eigenvalue weighted by Crippen LogP contribution is 2.25. The third-order valence-electron chi connectivity index (χ3n) is 2.94. The zero-order valence-electron chi connectivity index (χ0n) is 8.40. The van der Waals surface area contributed by atoms with Crippen LogP contribution in [-0.2, 0) is 7.05 Å². The van der Waals surface area contributed by atoms with Crippen LogP contribution in [0.4, 0.5) is 0 Å². The van der Waals surface area contributed by atoms with Crippen molar-refractivity contribution >= 4 is 0 Å². The second-order valence-corrected chi connectivity index (χ2v) is 3.97. The fourth-order valence-corrected chi connectivity index (χ4v) is 2.04. The Morgan fingerprint density at radius 1 is 1.31 bits per heavy atom. The molecule has 1 aromatic heterocycles. The predicted molar refractivity (Wildman–Crippen MR) is 52.7 cm³/mol. The molecule has 0 aliphatic carbocycles. The summed E-state index contributed by atoms with van der Waals surface area (Å²) >= 11 is 0. The van der Waals surface area contributed by atoms with E-state index in [9.17, 15) is 0 Å². The van der Waals surface area contributed by atoms with E-state index in [0.29, 0.717) is 5.92 Å². The Morgan fingerprint density at radius 2 is 2.00 bits per heavy atom. The number of hydrogen-bond donors (Lipinski definition) is 0. The number of hydrogen-bond acceptors (Lipinski definition) is 2. The van der Waals surface area contributed by atoms with Gasteiger partial charge in [-0.3, -0.25) is 0 Å². The van der Waals surface area contributed by atoms with Gasteiger partial charge in [-0.1, -0.05) is 0 Å². The van der Waals surface area contributed by atoms with Crippen LogP contribution in [0.15, 0.2) is 12.4 Å². The number of rotatable bonds is 1. The Hall–Kier alpha value is -0.830. The van der Waals surface area contributed by atoms with Crippen molar-refractivity contribution in [2.24, 2.45) is 7.05 Å². The van der Waals surface area contributed by atoms with Crippen LogP contribution in [0.3, 0.4) is 0 Å². The summed E-state index contributed by atoms with van der Waals surface area (Å²) in [7, 11) is 4.27. The average Bonchev–Trinajstić information content (AvgIpc) is 2.53. The summed E-state index contributed by atoms with van der Waals surface area (Å²) in [6.07, 6.45) is 6.43. The third kappa shape index (κ3) is 1.75. The van der Waals surface area contributed by atoms with Crippen LogP contribution in [0.1, 0.15) is 24.6 Å². The summed E-state index contributed by atoms with van der Waals surface area (Å²) in [6.45, 7) is 2.41. The molecule has 1 aromatic rings. The topological polar surface area (TPSA) is 21.1 Å². The van der Waals surface area contributed by atoms with Gasteiger partial charge in [0.25, 0.3) is 0 Å². The van der Waals surface area contributed by atoms with Crippen LogP contribution in [0.2, 0.25) is 0 Å². The molecule has 0 aromatic carbocycles. The zero-order valence-corrected chi connectivity index (χ0v) is 8.40. The van der Waals surface area contributed by atoms with Crippen molar-refractivity contribution in [3.8, 4) is 0 Å². The summed E-state index contributed by atoms with van der Waals surface area (Å²) < 4.78 is 2.15. The molecule has 1 fully saturated rings. The first-order valence-electron chi connectivity index (χ1n) is 4.93. The van der Waals surface area contributed by atoms with Crippen molar-refractivity contribution in [1.82, 2.24) is 14.5 Å². The first-order chi connectivity index (χ1) is 6.27. The highest BCUT2D eigenvalue weighted by Gasteiger charge is 2.20. The predicted octanol–water partition coefficient (Wildman–Crippen LogP) is 1.23. The standard InChI is InChI=1S/C10H17N3/c1-12-6-3-9(4-7-12)10-11-5-8-13(10)2/h5,8-9H,3-4,6-7H2,1-2H3. The lowest BCUT2D eigenvalue weighted by molar-refractivity contribution is 0.249. The SMILES string of the molecule is CN1CCC(c2nccn2C)CC1. The molecule has 0 spiro atoms. The molecule has 0 unspecified atom stereocenters. The van der Waals surface area contributed by atoms with Gasteiger partial charge in [-0.05, 0) is 33.0 Å². The maximum Gasteiger partial charge on any atom is 0.111 e. The number of piperidine rings is 1. The Balaban J connectivity index is 2.06. The van der Waals surface area contributed by atoms with Crippen LogP contribution < -0.4 is 0 Å². The fourth-order valence-electron chi connectivity index (χ4n) is 2.04. The molecule has 13 heavy (non-hydrogen) atoms. The molecule has 1 aliphatic heterocycles. The van der Waals surface area contributed by atoms with Gasteiger partial charge in [0.2, 0.25) is 0 Å². The lowest BCUT2D eigenvalue weighted by Crippen LogP contribution is -2.30. The van der Waals surface area contributed by atoms with Crippen LogP contribution >= 0.6 is 0 Å². The van der Waals surface area contributed by atoms with Crippen molar-refractivity contribution in [3.05, 3.63) is 18.2 Å². The molecule has 72 valence electrons. The van der Waals surface area contributed by atoms with Crippen molar-refractivity contribution in [3.63, 3.8) is 0 Å². The maximum atomic E-state index is 4.41. The second-order valence-electron chi connectivity index (χ2n) is 3.97. The van der Waals surface area contributed by atoms with Crippen LogP contribution in [0.25, 0.3) is 0 Å². The van der Waals surface area contributed by atoms with E-state index in [2.05, 4.69) is 28.5 Å². The van der Waals surface area contributed by atoms with E-state index in [0.717, 1.165) is 0 Å². The van der Waals surface area contributed by atoms with Gasteiger partial charge in [-0.15, -0.1) is 0 Å². The minimum atomic E-state index is 0.677. The van der Waals surface area contributed by atoms with Crippen molar-refractivity contribution < 1.29 is 0 Å². The number of imidazole rings is 1. The molecule has 0 saturated carbocycles. The molecule has 3 nitrogen and oxygen atoms in total. The molecule has 0 bridgehead atoms. The van der Waals surface area contributed by atoms with Gasteiger partial charge in [0.15, 0.2) is 0 Å². The molecule has 0 N–H and O–H groups in total. The van der Waals surface area contributed by atoms with E-state index in [-0.39, 0.29) is 0 Å². The Bertz CT molecular complexity index is 271. The molecule has 2 heterocycles. The maximum absolute atomic E-state index is 4.41. The van der Waals surface area contributed by atoms with Crippen molar-refractivity contribution in [2.45, 2.75) is 18.8 Å². The third-order valence-corrected chi connectivity index (χ3v) is 2.94. The molecule has 3 heteroatoms. The zero-order chi connectivity index (χ0) is 9.26. The van der Waals surface area contributed by atoms with Gasteiger partial charge in [-0.2, -0.15) is 0 Å². The quantitative estimate of drug-likeness (QED) is 0.646. The number of likely N-dealkylation sites (tertiary alicyclic amines) is 1.